The third kappa shape index (κ3) is 3.96. The lowest BCUT2D eigenvalue weighted by Crippen LogP contribution is -2.23. The molecule has 0 N–H and O–H groups in total. The van der Waals surface area contributed by atoms with E-state index in [1.807, 2.05) is 6.92 Å². The van der Waals surface area contributed by atoms with Crippen LogP contribution in [0.3, 0.4) is 0 Å². The summed E-state index contributed by atoms with van der Waals surface area (Å²) in [5.41, 5.74) is 0. The number of hydrogen-bond acceptors (Lipinski definition) is 2. The van der Waals surface area contributed by atoms with E-state index in [1.54, 1.807) is 0 Å². The van der Waals surface area contributed by atoms with Crippen molar-refractivity contribution < 1.29 is 4.79 Å². The van der Waals surface area contributed by atoms with Gasteiger partial charge in [0, 0.05) is 5.92 Å². The van der Waals surface area contributed by atoms with Gasteiger partial charge in [0.05, 0.1) is 6.07 Å². The van der Waals surface area contributed by atoms with Gasteiger partial charge in [-0.1, -0.05) is 45.4 Å². The molecule has 0 aromatic heterocycles. The Bertz CT molecular complexity index is 246. The summed E-state index contributed by atoms with van der Waals surface area (Å²) < 4.78 is 0. The summed E-state index contributed by atoms with van der Waals surface area (Å²) in [4.78, 5) is 12.2. The van der Waals surface area contributed by atoms with Crippen LogP contribution in [-0.4, -0.2) is 5.78 Å². The molecule has 0 aliphatic heterocycles. The zero-order chi connectivity index (χ0) is 11.8. The summed E-state index contributed by atoms with van der Waals surface area (Å²) in [6, 6.07) is 2.19. The lowest BCUT2D eigenvalue weighted by Gasteiger charge is -2.20. The van der Waals surface area contributed by atoms with E-state index in [1.165, 1.54) is 32.1 Å². The van der Waals surface area contributed by atoms with Crippen molar-refractivity contribution in [3.8, 4) is 6.07 Å². The Morgan fingerprint density at radius 2 is 1.81 bits per heavy atom. The quantitative estimate of drug-likeness (QED) is 0.723. The average Bonchev–Trinajstić information content (AvgIpc) is 2.24. The molecular weight excluding hydrogens is 198 g/mol. The average molecular weight is 221 g/mol. The SMILES string of the molecule is CCCC(C#N)C(=O)C1CCCCCCC1. The third-order valence-electron chi connectivity index (χ3n) is 3.58. The summed E-state index contributed by atoms with van der Waals surface area (Å²) in [7, 11) is 0. The predicted octanol–water partition coefficient (Wildman–Crippen LogP) is 3.86. The van der Waals surface area contributed by atoms with Crippen molar-refractivity contribution in [1.82, 2.24) is 0 Å². The van der Waals surface area contributed by atoms with E-state index in [9.17, 15) is 4.79 Å². The highest BCUT2D eigenvalue weighted by molar-refractivity contribution is 5.85. The van der Waals surface area contributed by atoms with Gasteiger partial charge in [0.15, 0.2) is 5.78 Å². The summed E-state index contributed by atoms with van der Waals surface area (Å²) in [6.45, 7) is 2.04. The van der Waals surface area contributed by atoms with Crippen LogP contribution in [-0.2, 0) is 4.79 Å². The number of nitrogens with zero attached hydrogens (tertiary/aromatic N) is 1. The van der Waals surface area contributed by atoms with Crippen molar-refractivity contribution in [2.24, 2.45) is 11.8 Å². The maximum atomic E-state index is 12.2. The Morgan fingerprint density at radius 1 is 1.25 bits per heavy atom. The molecule has 1 fully saturated rings. The molecule has 90 valence electrons. The van der Waals surface area contributed by atoms with Crippen molar-refractivity contribution in [3.63, 3.8) is 0 Å². The molecule has 2 heteroatoms. The van der Waals surface area contributed by atoms with Crippen LogP contribution in [0.1, 0.15) is 64.7 Å². The number of ketones is 1. The minimum Gasteiger partial charge on any atom is -0.298 e. The fraction of sp³-hybridized carbons (Fsp3) is 0.857. The van der Waals surface area contributed by atoms with Crippen LogP contribution < -0.4 is 0 Å². The molecule has 1 saturated carbocycles. The van der Waals surface area contributed by atoms with Crippen LogP contribution in [0.25, 0.3) is 0 Å². The van der Waals surface area contributed by atoms with Gasteiger partial charge in [-0.15, -0.1) is 0 Å². The first-order valence-corrected chi connectivity index (χ1v) is 6.73. The monoisotopic (exact) mass is 221 g/mol. The molecule has 0 aromatic rings. The topological polar surface area (TPSA) is 40.9 Å². The van der Waals surface area contributed by atoms with Crippen molar-refractivity contribution in [2.75, 3.05) is 0 Å². The maximum Gasteiger partial charge on any atom is 0.153 e. The van der Waals surface area contributed by atoms with Crippen LogP contribution in [0.4, 0.5) is 0 Å². The van der Waals surface area contributed by atoms with Gasteiger partial charge in [0.25, 0.3) is 0 Å². The molecular formula is C14H23NO. The summed E-state index contributed by atoms with van der Waals surface area (Å²) in [6.07, 6.45) is 9.87. The van der Waals surface area contributed by atoms with Gasteiger partial charge in [0.2, 0.25) is 0 Å². The lowest BCUT2D eigenvalue weighted by molar-refractivity contribution is -0.126. The first kappa shape index (κ1) is 13.2. The normalized spacial score (nSPS) is 20.5. The second kappa shape index (κ2) is 7.44. The number of Topliss-reactive ketones (excluding diaryl/α,β-unsaturated/α-hetero) is 1. The van der Waals surface area contributed by atoms with Gasteiger partial charge >= 0.3 is 0 Å². The first-order valence-electron chi connectivity index (χ1n) is 6.73. The molecule has 1 unspecified atom stereocenters. The Morgan fingerprint density at radius 3 is 2.31 bits per heavy atom. The van der Waals surface area contributed by atoms with E-state index in [0.717, 1.165) is 25.7 Å². The largest absolute Gasteiger partial charge is 0.298 e. The van der Waals surface area contributed by atoms with Crippen molar-refractivity contribution in [1.29, 1.82) is 5.26 Å². The second-order valence-corrected chi connectivity index (χ2v) is 4.91. The van der Waals surface area contributed by atoms with Gasteiger partial charge in [-0.3, -0.25) is 4.79 Å². The van der Waals surface area contributed by atoms with Gasteiger partial charge in [-0.2, -0.15) is 5.26 Å². The molecule has 1 rings (SSSR count). The molecule has 0 heterocycles. The highest BCUT2D eigenvalue weighted by Crippen LogP contribution is 2.26. The Labute approximate surface area is 99.0 Å². The fourth-order valence-electron chi connectivity index (χ4n) is 2.58. The first-order chi connectivity index (χ1) is 7.79. The molecule has 1 aliphatic rings. The van der Waals surface area contributed by atoms with Crippen LogP contribution in [0, 0.1) is 23.2 Å². The van der Waals surface area contributed by atoms with E-state index in [0.29, 0.717) is 0 Å². The fourth-order valence-corrected chi connectivity index (χ4v) is 2.58. The molecule has 0 amide bonds. The van der Waals surface area contributed by atoms with Gasteiger partial charge in [0.1, 0.15) is 5.92 Å². The second-order valence-electron chi connectivity index (χ2n) is 4.91. The number of nitriles is 1. The highest BCUT2D eigenvalue weighted by Gasteiger charge is 2.26. The smallest absolute Gasteiger partial charge is 0.153 e. The minimum atomic E-state index is -0.338. The Hall–Kier alpha value is -0.840. The predicted molar refractivity (Wildman–Crippen MR) is 64.8 cm³/mol. The zero-order valence-electron chi connectivity index (χ0n) is 10.4. The van der Waals surface area contributed by atoms with E-state index < -0.39 is 0 Å². The summed E-state index contributed by atoms with van der Waals surface area (Å²) >= 11 is 0. The van der Waals surface area contributed by atoms with Crippen LogP contribution in [0.15, 0.2) is 0 Å². The van der Waals surface area contributed by atoms with Gasteiger partial charge < -0.3 is 0 Å². The standard InChI is InChI=1S/C14H23NO/c1-2-8-13(11-15)14(16)12-9-6-4-3-5-7-10-12/h12-13H,2-10H2,1H3. The van der Waals surface area contributed by atoms with Crippen LogP contribution >= 0.6 is 0 Å². The Kier molecular flexibility index (Phi) is 6.15. The molecule has 2 nitrogen and oxygen atoms in total. The summed E-state index contributed by atoms with van der Waals surface area (Å²) in [5, 5.41) is 9.01. The molecule has 0 aromatic carbocycles. The van der Waals surface area contributed by atoms with Crippen molar-refractivity contribution in [3.05, 3.63) is 0 Å². The molecule has 1 atom stereocenters. The molecule has 0 bridgehead atoms. The summed E-state index contributed by atoms with van der Waals surface area (Å²) in [5.74, 6) is 0.0668. The number of rotatable bonds is 4. The van der Waals surface area contributed by atoms with E-state index in [4.69, 9.17) is 5.26 Å². The molecule has 0 saturated heterocycles. The van der Waals surface area contributed by atoms with Gasteiger partial charge in [-0.25, -0.2) is 0 Å². The zero-order valence-corrected chi connectivity index (χ0v) is 10.4. The molecule has 16 heavy (non-hydrogen) atoms. The molecule has 0 radical (unpaired) electrons. The van der Waals surface area contributed by atoms with Gasteiger partial charge in [-0.05, 0) is 19.3 Å². The van der Waals surface area contributed by atoms with Crippen LogP contribution in [0.2, 0.25) is 0 Å². The van der Waals surface area contributed by atoms with Crippen molar-refractivity contribution >= 4 is 5.78 Å². The minimum absolute atomic E-state index is 0.177. The van der Waals surface area contributed by atoms with Crippen LogP contribution in [0.5, 0.6) is 0 Å². The third-order valence-corrected chi connectivity index (χ3v) is 3.58. The number of hydrogen-bond donors (Lipinski definition) is 0. The lowest BCUT2D eigenvalue weighted by atomic mass is 9.82. The number of carbonyl (C=O) groups is 1. The van der Waals surface area contributed by atoms with E-state index in [-0.39, 0.29) is 17.6 Å². The molecule has 1 aliphatic carbocycles. The van der Waals surface area contributed by atoms with E-state index in [2.05, 4.69) is 6.07 Å². The molecule has 0 spiro atoms. The number of carbonyl (C=O) groups excluding carboxylic acids is 1. The Balaban J connectivity index is 2.52. The highest BCUT2D eigenvalue weighted by atomic mass is 16.1. The van der Waals surface area contributed by atoms with E-state index >= 15 is 0 Å². The maximum absolute atomic E-state index is 12.2. The van der Waals surface area contributed by atoms with Crippen molar-refractivity contribution in [2.45, 2.75) is 64.7 Å².